The van der Waals surface area contributed by atoms with Crippen molar-refractivity contribution in [2.75, 3.05) is 26.3 Å². The third-order valence-corrected chi connectivity index (χ3v) is 6.31. The Balaban J connectivity index is 1.45. The summed E-state index contributed by atoms with van der Waals surface area (Å²) in [6, 6.07) is 14.6. The summed E-state index contributed by atoms with van der Waals surface area (Å²) >= 11 is 1.42. The van der Waals surface area contributed by atoms with Gasteiger partial charge in [-0.15, -0.1) is 0 Å². The first-order chi connectivity index (χ1) is 14.7. The summed E-state index contributed by atoms with van der Waals surface area (Å²) < 4.78 is 20.8. The number of benzene rings is 2. The minimum Gasteiger partial charge on any atom is -0.378 e. The molecule has 1 amide bonds. The van der Waals surface area contributed by atoms with E-state index in [-0.39, 0.29) is 11.7 Å². The number of fused-ring (bicyclic) bond motifs is 1. The van der Waals surface area contributed by atoms with Gasteiger partial charge in [0.05, 0.1) is 18.1 Å². The Hall–Kier alpha value is -2.90. The van der Waals surface area contributed by atoms with Gasteiger partial charge in [0.2, 0.25) is 0 Å². The largest absolute Gasteiger partial charge is 0.378 e. The fourth-order valence-corrected chi connectivity index (χ4v) is 4.69. The second-order valence-corrected chi connectivity index (χ2v) is 8.27. The number of aliphatic imine (C=N–C) groups is 1. The minimum absolute atomic E-state index is 0.197. The van der Waals surface area contributed by atoms with Crippen LogP contribution in [0.2, 0.25) is 0 Å². The van der Waals surface area contributed by atoms with Gasteiger partial charge in [-0.25, -0.2) is 4.39 Å². The van der Waals surface area contributed by atoms with E-state index in [1.165, 1.54) is 23.9 Å². The maximum Gasteiger partial charge on any atom is 0.286 e. The van der Waals surface area contributed by atoms with Gasteiger partial charge >= 0.3 is 0 Å². The highest BCUT2D eigenvalue weighted by molar-refractivity contribution is 8.18. The molecular formula is C23H20FN3O2S. The Morgan fingerprint density at radius 1 is 1.10 bits per heavy atom. The van der Waals surface area contributed by atoms with Crippen LogP contribution >= 0.6 is 11.8 Å². The number of hydrogen-bond acceptors (Lipinski definition) is 4. The van der Waals surface area contributed by atoms with E-state index in [2.05, 4.69) is 26.6 Å². The zero-order valence-electron chi connectivity index (χ0n) is 16.3. The molecule has 0 atom stereocenters. The molecule has 0 radical (unpaired) electrons. The van der Waals surface area contributed by atoms with Crippen molar-refractivity contribution in [3.8, 4) is 0 Å². The molecule has 2 aliphatic heterocycles. The summed E-state index contributed by atoms with van der Waals surface area (Å²) in [6.07, 6.45) is 3.97. The lowest BCUT2D eigenvalue weighted by atomic mass is 10.1. The van der Waals surface area contributed by atoms with Crippen LogP contribution in [0.1, 0.15) is 11.1 Å². The molecule has 7 heteroatoms. The van der Waals surface area contributed by atoms with E-state index in [1.54, 1.807) is 12.1 Å². The zero-order chi connectivity index (χ0) is 20.5. The molecule has 0 unspecified atom stereocenters. The number of amides is 1. The molecule has 0 aliphatic carbocycles. The summed E-state index contributed by atoms with van der Waals surface area (Å²) in [4.78, 5) is 19.5. The van der Waals surface area contributed by atoms with E-state index in [0.717, 1.165) is 40.3 Å². The topological polar surface area (TPSA) is 46.8 Å². The number of carbonyl (C=O) groups is 1. The van der Waals surface area contributed by atoms with Crippen LogP contribution in [0.5, 0.6) is 0 Å². The third kappa shape index (κ3) is 3.78. The first-order valence-corrected chi connectivity index (χ1v) is 10.7. The van der Waals surface area contributed by atoms with Gasteiger partial charge < -0.3 is 14.2 Å². The van der Waals surface area contributed by atoms with Gasteiger partial charge in [-0.2, -0.15) is 4.99 Å². The maximum absolute atomic E-state index is 13.2. The lowest BCUT2D eigenvalue weighted by Gasteiger charge is -2.27. The van der Waals surface area contributed by atoms with Crippen LogP contribution in [-0.4, -0.2) is 46.8 Å². The number of ether oxygens (including phenoxy) is 1. The lowest BCUT2D eigenvalue weighted by Crippen LogP contribution is -2.38. The minimum atomic E-state index is -0.241. The summed E-state index contributed by atoms with van der Waals surface area (Å²) in [5.74, 6) is -0.439. The molecule has 0 bridgehead atoms. The van der Waals surface area contributed by atoms with Gasteiger partial charge in [0.25, 0.3) is 5.91 Å². The molecular weight excluding hydrogens is 401 g/mol. The molecule has 30 heavy (non-hydrogen) atoms. The quantitative estimate of drug-likeness (QED) is 0.597. The number of carbonyl (C=O) groups excluding carboxylic acids is 1. The molecule has 5 nitrogen and oxygen atoms in total. The number of amidine groups is 1. The molecule has 2 aromatic carbocycles. The molecule has 5 rings (SSSR count). The lowest BCUT2D eigenvalue weighted by molar-refractivity contribution is -0.113. The van der Waals surface area contributed by atoms with Crippen molar-refractivity contribution >= 4 is 39.8 Å². The predicted molar refractivity (Wildman–Crippen MR) is 118 cm³/mol. The van der Waals surface area contributed by atoms with Crippen LogP contribution in [0.4, 0.5) is 4.39 Å². The Labute approximate surface area is 177 Å². The number of nitrogens with zero attached hydrogens (tertiary/aromatic N) is 3. The van der Waals surface area contributed by atoms with Crippen LogP contribution in [0.3, 0.4) is 0 Å². The summed E-state index contributed by atoms with van der Waals surface area (Å²) in [7, 11) is 0. The maximum atomic E-state index is 13.2. The molecule has 3 aromatic rings. The summed E-state index contributed by atoms with van der Waals surface area (Å²) in [6.45, 7) is 3.45. The standard InChI is InChI=1S/C23H20FN3O2S/c24-18-7-5-16(6-8-18)14-27-15-17(19-3-1-2-4-20(19)27)13-21-22(28)25-23(30-21)26-9-11-29-12-10-26/h1-8,13,15H,9-12,14H2. The van der Waals surface area contributed by atoms with Gasteiger partial charge in [-0.05, 0) is 41.6 Å². The first-order valence-electron chi connectivity index (χ1n) is 9.85. The fourth-order valence-electron chi connectivity index (χ4n) is 3.74. The van der Waals surface area contributed by atoms with Gasteiger partial charge in [0.1, 0.15) is 5.82 Å². The number of para-hydroxylation sites is 1. The molecule has 3 heterocycles. The second kappa shape index (κ2) is 8.08. The van der Waals surface area contributed by atoms with Crippen LogP contribution in [0.25, 0.3) is 17.0 Å². The number of thioether (sulfide) groups is 1. The Morgan fingerprint density at radius 3 is 2.67 bits per heavy atom. The van der Waals surface area contributed by atoms with E-state index in [0.29, 0.717) is 24.7 Å². The highest BCUT2D eigenvalue weighted by Crippen LogP contribution is 2.33. The molecule has 0 spiro atoms. The monoisotopic (exact) mass is 421 g/mol. The first kappa shape index (κ1) is 19.1. The number of halogens is 1. The van der Waals surface area contributed by atoms with Gasteiger partial charge in [-0.1, -0.05) is 30.3 Å². The van der Waals surface area contributed by atoms with Crippen LogP contribution in [0, 0.1) is 5.82 Å². The molecule has 0 N–H and O–H groups in total. The van der Waals surface area contributed by atoms with Crippen LogP contribution in [0.15, 0.2) is 64.6 Å². The Kier molecular flexibility index (Phi) is 5.14. The van der Waals surface area contributed by atoms with E-state index in [4.69, 9.17) is 4.74 Å². The van der Waals surface area contributed by atoms with Crippen molar-refractivity contribution in [1.29, 1.82) is 0 Å². The van der Waals surface area contributed by atoms with Crippen LogP contribution < -0.4 is 0 Å². The Morgan fingerprint density at radius 2 is 1.87 bits per heavy atom. The number of rotatable bonds is 3. The summed E-state index contributed by atoms with van der Waals surface area (Å²) in [5.41, 5.74) is 3.06. The second-order valence-electron chi connectivity index (χ2n) is 7.27. The van der Waals surface area contributed by atoms with Crippen molar-refractivity contribution in [1.82, 2.24) is 9.47 Å². The average molecular weight is 421 g/mol. The van der Waals surface area contributed by atoms with E-state index < -0.39 is 0 Å². The fraction of sp³-hybridized carbons (Fsp3) is 0.217. The van der Waals surface area contributed by atoms with E-state index in [9.17, 15) is 9.18 Å². The Bertz CT molecular complexity index is 1160. The van der Waals surface area contributed by atoms with Crippen molar-refractivity contribution in [2.24, 2.45) is 4.99 Å². The molecule has 1 fully saturated rings. The predicted octanol–water partition coefficient (Wildman–Crippen LogP) is 4.13. The molecule has 1 saturated heterocycles. The third-order valence-electron chi connectivity index (χ3n) is 5.26. The number of morpholine rings is 1. The van der Waals surface area contributed by atoms with Crippen LogP contribution in [-0.2, 0) is 16.1 Å². The molecule has 152 valence electrons. The van der Waals surface area contributed by atoms with Gasteiger partial charge in [0.15, 0.2) is 5.17 Å². The van der Waals surface area contributed by atoms with Crippen molar-refractivity contribution in [2.45, 2.75) is 6.54 Å². The van der Waals surface area contributed by atoms with E-state index >= 15 is 0 Å². The molecule has 1 aromatic heterocycles. The summed E-state index contributed by atoms with van der Waals surface area (Å²) in [5, 5.41) is 1.82. The zero-order valence-corrected chi connectivity index (χ0v) is 17.1. The number of aromatic nitrogens is 1. The molecule has 2 aliphatic rings. The van der Waals surface area contributed by atoms with Crippen molar-refractivity contribution in [3.63, 3.8) is 0 Å². The van der Waals surface area contributed by atoms with Gasteiger partial charge in [-0.3, -0.25) is 4.79 Å². The highest BCUT2D eigenvalue weighted by atomic mass is 32.2. The van der Waals surface area contributed by atoms with Crippen molar-refractivity contribution in [3.05, 3.63) is 76.6 Å². The van der Waals surface area contributed by atoms with Crippen molar-refractivity contribution < 1.29 is 13.9 Å². The highest BCUT2D eigenvalue weighted by Gasteiger charge is 2.27. The SMILES string of the molecule is O=C1N=C(N2CCOCC2)SC1=Cc1cn(Cc2ccc(F)cc2)c2ccccc12. The smallest absolute Gasteiger partial charge is 0.286 e. The number of hydrogen-bond donors (Lipinski definition) is 0. The average Bonchev–Trinajstić information content (AvgIpc) is 3.31. The van der Waals surface area contributed by atoms with Gasteiger partial charge in [0, 0.05) is 42.3 Å². The molecule has 0 saturated carbocycles. The van der Waals surface area contributed by atoms with E-state index in [1.807, 2.05) is 24.4 Å². The normalized spacial score (nSPS) is 18.4.